The summed E-state index contributed by atoms with van der Waals surface area (Å²) in [6.45, 7) is 74.0. The lowest BCUT2D eigenvalue weighted by molar-refractivity contribution is -0.155. The molecule has 0 aromatic carbocycles. The van der Waals surface area contributed by atoms with Crippen LogP contribution in [0.1, 0.15) is 263 Å². The van der Waals surface area contributed by atoms with Crippen LogP contribution >= 0.6 is 0 Å². The second-order valence-electron chi connectivity index (χ2n) is 45.0. The van der Waals surface area contributed by atoms with Gasteiger partial charge in [-0.2, -0.15) is 21.5 Å². The van der Waals surface area contributed by atoms with Gasteiger partial charge in [-0.25, -0.2) is 42.1 Å². The van der Waals surface area contributed by atoms with Gasteiger partial charge in [-0.1, -0.05) is 118 Å². The average molecular weight is 1980 g/mol. The molecule has 130 heavy (non-hydrogen) atoms. The first kappa shape index (κ1) is 136. The first-order valence-corrected chi connectivity index (χ1v) is 54.1. The summed E-state index contributed by atoms with van der Waals surface area (Å²) in [7, 11) is -15.8. The lowest BCUT2D eigenvalue weighted by atomic mass is 9.90. The molecule has 0 radical (unpaired) electrons. The molecule has 0 saturated carbocycles. The molecule has 0 heterocycles. The number of rotatable bonds is 49. The summed E-state index contributed by atoms with van der Waals surface area (Å²) in [5, 5.41) is 36.7. The first-order valence-electron chi connectivity index (χ1n) is 44.8. The lowest BCUT2D eigenvalue weighted by Crippen LogP contribution is -2.51. The monoisotopic (exact) mass is 1980 g/mol. The van der Waals surface area contributed by atoms with Crippen molar-refractivity contribution in [3.05, 3.63) is 0 Å². The van der Waals surface area contributed by atoms with Gasteiger partial charge in [-0.15, -0.1) is 0 Å². The number of hydrogen-bond acceptors (Lipinski definition) is 31. The Hall–Kier alpha value is -2.19. The maximum atomic E-state index is 12.3. The molecule has 0 unspecified atom stereocenters. The maximum absolute atomic E-state index is 12.3. The molecule has 0 bridgehead atoms. The highest BCUT2D eigenvalue weighted by atomic mass is 32.2. The molecule has 0 aliphatic carbocycles. The van der Waals surface area contributed by atoms with Crippen LogP contribution in [0.4, 0.5) is 0 Å². The largest absolute Gasteiger partial charge is 0.462 e. The molecular weight excluding hydrogens is 1790 g/mol. The van der Waals surface area contributed by atoms with E-state index in [1.807, 2.05) is 194 Å². The Labute approximate surface area is 791 Å². The van der Waals surface area contributed by atoms with Crippen molar-refractivity contribution in [2.24, 2.45) is 55.9 Å². The molecule has 0 fully saturated rings. The third-order valence-corrected chi connectivity index (χ3v) is 28.5. The molecular formula is C89H193N9O27S5. The highest BCUT2D eigenvalue weighted by Crippen LogP contribution is 2.32. The highest BCUT2D eigenvalue weighted by Gasteiger charge is 2.41. The van der Waals surface area contributed by atoms with Crippen LogP contribution in [0.25, 0.3) is 0 Å². The third-order valence-electron chi connectivity index (χ3n) is 21.1. The number of aliphatic hydroxyl groups is 4. The Morgan fingerprint density at radius 3 is 0.715 bits per heavy atom. The molecule has 0 rings (SSSR count). The van der Waals surface area contributed by atoms with E-state index < -0.39 is 157 Å². The van der Waals surface area contributed by atoms with Gasteiger partial charge in [-0.3, -0.25) is 9.59 Å². The van der Waals surface area contributed by atoms with Gasteiger partial charge in [0.1, 0.15) is 43.6 Å². The van der Waals surface area contributed by atoms with Crippen molar-refractivity contribution in [3.63, 3.8) is 0 Å². The number of nitrogens with zero attached hydrogens (tertiary/aromatic N) is 5. The van der Waals surface area contributed by atoms with E-state index in [1.165, 1.54) is 53.7 Å². The van der Waals surface area contributed by atoms with Crippen molar-refractivity contribution in [1.29, 1.82) is 0 Å². The smallest absolute Gasteiger partial charge is 0.325 e. The van der Waals surface area contributed by atoms with Crippen LogP contribution in [0.3, 0.4) is 0 Å². The van der Waals surface area contributed by atoms with E-state index in [-0.39, 0.29) is 169 Å². The van der Waals surface area contributed by atoms with E-state index in [1.54, 1.807) is 27.7 Å². The third kappa shape index (κ3) is 61.3. The fourth-order valence-corrected chi connectivity index (χ4v) is 18.1. The van der Waals surface area contributed by atoms with Gasteiger partial charge < -0.3 is 95.5 Å². The molecule has 0 aromatic heterocycles. The zero-order valence-electron chi connectivity index (χ0n) is 88.9. The Kier molecular flexibility index (Phi) is 60.3. The van der Waals surface area contributed by atoms with Crippen LogP contribution in [-0.4, -0.2) is 365 Å². The van der Waals surface area contributed by atoms with E-state index in [9.17, 15) is 61.9 Å². The molecule has 16 atom stereocenters. The van der Waals surface area contributed by atoms with E-state index in [2.05, 4.69) is 41.5 Å². The van der Waals surface area contributed by atoms with Gasteiger partial charge in [0.2, 0.25) is 50.1 Å². The van der Waals surface area contributed by atoms with Gasteiger partial charge in [0, 0.05) is 67.5 Å². The summed E-state index contributed by atoms with van der Waals surface area (Å²) < 4.78 is 192. The molecule has 786 valence electrons. The van der Waals surface area contributed by atoms with Crippen LogP contribution in [0, 0.1) is 33.0 Å². The molecule has 0 aliphatic rings. The number of carbonyl (C=O) groups is 2. The highest BCUT2D eigenvalue weighted by molar-refractivity contribution is 7.89. The van der Waals surface area contributed by atoms with E-state index in [0.29, 0.717) is 0 Å². The van der Waals surface area contributed by atoms with Crippen LogP contribution < -0.4 is 22.9 Å². The average Bonchev–Trinajstić information content (AvgIpc) is 0.835. The summed E-state index contributed by atoms with van der Waals surface area (Å²) in [5.41, 5.74) is 19.4. The predicted molar refractivity (Wildman–Crippen MR) is 520 cm³/mol. The van der Waals surface area contributed by atoms with Crippen molar-refractivity contribution < 1.29 is 124 Å². The summed E-state index contributed by atoms with van der Waals surface area (Å²) in [6.07, 6.45) is 1.01. The number of hydrogen-bond donors (Lipinski definition) is 8. The Balaban J connectivity index is -0.000000501. The second kappa shape index (κ2) is 57.5. The topological polar surface area (TPSA) is 508 Å². The minimum atomic E-state index is -3.48. The fraction of sp³-hybridized carbons (Fsp3) is 0.978. The normalized spacial score (nSPS) is 17.5. The Morgan fingerprint density at radius 2 is 0.531 bits per heavy atom. The second-order valence-corrected chi connectivity index (χ2v) is 54.6. The minimum Gasteiger partial charge on any atom is -0.462 e. The maximum Gasteiger partial charge on any atom is 0.325 e. The zero-order valence-corrected chi connectivity index (χ0v) is 93.0. The van der Waals surface area contributed by atoms with E-state index >= 15 is 0 Å². The van der Waals surface area contributed by atoms with Crippen molar-refractivity contribution in [3.8, 4) is 0 Å². The number of sulfonamides is 5. The Morgan fingerprint density at radius 1 is 0.315 bits per heavy atom. The number of carbonyl (C=O) groups excluding carboxylic acids is 2. The molecule has 12 N–H and O–H groups in total. The summed E-state index contributed by atoms with van der Waals surface area (Å²) >= 11 is 0. The van der Waals surface area contributed by atoms with Crippen molar-refractivity contribution in [2.45, 2.75) is 388 Å². The van der Waals surface area contributed by atoms with Gasteiger partial charge >= 0.3 is 11.9 Å². The molecule has 0 aliphatic heterocycles. The zero-order chi connectivity index (χ0) is 104. The summed E-state index contributed by atoms with van der Waals surface area (Å²) in [5.74, 6) is -1.17. The van der Waals surface area contributed by atoms with Crippen LogP contribution in [-0.2, 0) is 112 Å². The van der Waals surface area contributed by atoms with Crippen molar-refractivity contribution in [1.82, 2.24) is 21.5 Å². The molecule has 0 amide bonds. The number of aliphatic hydroxyl groups excluding tert-OH is 4. The molecule has 0 spiro atoms. The number of nitrogens with two attached hydrogens (primary N) is 4. The first-order chi connectivity index (χ1) is 57.5. The Bertz CT molecular complexity index is 3640. The fourth-order valence-electron chi connectivity index (χ4n) is 10.9. The summed E-state index contributed by atoms with van der Waals surface area (Å²) in [6, 6.07) is -2.58. The van der Waals surface area contributed by atoms with Gasteiger partial charge in [0.05, 0.1) is 158 Å². The standard InChI is InChI=1S/C19H40N2O5S.C18H38N2O6S.C18H40N2O5S.C17H38N2O5S.C17H37NO6S/c1-13(2)16(20)17(22)25-12-15(26-14(3)18(4,5)6)11-21(19(7,8)9)27(10,23)24;1-13(17(2,3)4)26-14(11-25-16(21)15(19)12-24-8)10-20(18(5,6)7)27(9,22)23;1-13(21)16(19)12-24-11-15(25-14(2)17(3,4)5)10-20(18(6,7)8)26(9,22)23;1-13(16(2,3)4)24-15(12-23-11-14(18)10-20)9-19(17(5,6)7)25(8,21)22;1-13(16(2,3)4)24-15(12-23-11-14(20)10-19)9-18(17(5,6)7)25(8,21)22/h13-16H,11-12,20H2,1-10H3;13-15H,10-12,19H2,1-9H3;13-16,21H,10-12,19H2,1-9H3;13-15,20H,9-12,18H2,1-8H3;13-15,19-20H,9-12H2,1-8H3/t14-,15-,16+;13-,14-,15-;13-,14+,15+,16-;13-,14-,15-;13-,14+,15-/m00100/s1. The summed E-state index contributed by atoms with van der Waals surface area (Å²) in [4.78, 5) is 24.1. The number of esters is 2. The predicted octanol–water partition coefficient (Wildman–Crippen LogP) is 7.81. The van der Waals surface area contributed by atoms with Crippen LogP contribution in [0.5, 0.6) is 0 Å². The van der Waals surface area contributed by atoms with Gasteiger partial charge in [0.25, 0.3) is 0 Å². The van der Waals surface area contributed by atoms with Gasteiger partial charge in [-0.05, 0) is 178 Å². The molecule has 0 aromatic rings. The van der Waals surface area contributed by atoms with Crippen molar-refractivity contribution in [2.75, 3.05) is 144 Å². The van der Waals surface area contributed by atoms with E-state index in [0.717, 1.165) is 6.26 Å². The molecule has 41 heteroatoms. The minimum absolute atomic E-state index is 0.0331. The van der Waals surface area contributed by atoms with Crippen LogP contribution in [0.2, 0.25) is 0 Å². The van der Waals surface area contributed by atoms with Gasteiger partial charge in [0.15, 0.2) is 0 Å². The SMILES string of the molecule is CC(C)[C@@H](N)C(=O)OC[C@H](CN(C(C)(C)C)S(C)(=O)=O)O[C@@H](C)C(C)(C)C.COC[C@H](N)C(=O)OC[C@H](CN(C(C)(C)C)S(C)(=O)=O)O[C@@H](C)C(C)(C)C.C[C@H](O[C@H](COC[C@@H](N)CO)CN(C(C)(C)C)S(C)(=O)=O)C(C)(C)C.C[C@H](O[C@H](COC[C@@H](N)[C@@H](C)O)CN(C(C)(C)C)S(C)(=O)=O)C(C)(C)C.C[C@H](O[C@H](COC[C@H](O)CO)CN(C(C)(C)C)S(C)(=O)=O)C(C)(C)C. The van der Waals surface area contributed by atoms with Crippen LogP contribution in [0.15, 0.2) is 0 Å². The lowest BCUT2D eigenvalue weighted by Gasteiger charge is -2.38. The number of ether oxygens (including phenoxy) is 11. The molecule has 36 nitrogen and oxygen atoms in total. The van der Waals surface area contributed by atoms with E-state index in [4.69, 9.17) is 85.3 Å². The number of methoxy groups -OCH3 is 1. The van der Waals surface area contributed by atoms with Crippen molar-refractivity contribution >= 4 is 62.1 Å². The quantitative estimate of drug-likeness (QED) is 0.0269. The molecule has 0 saturated heterocycles.